The van der Waals surface area contributed by atoms with Gasteiger partial charge in [-0.1, -0.05) is 56.3 Å². The van der Waals surface area contributed by atoms with Crippen molar-refractivity contribution < 1.29 is 9.59 Å². The summed E-state index contributed by atoms with van der Waals surface area (Å²) in [5.41, 5.74) is 4.47. The van der Waals surface area contributed by atoms with Gasteiger partial charge in [-0.25, -0.2) is 5.01 Å². The second-order valence-corrected chi connectivity index (χ2v) is 9.04. The zero-order valence-electron chi connectivity index (χ0n) is 19.8. The highest BCUT2D eigenvalue weighted by Crippen LogP contribution is 2.24. The van der Waals surface area contributed by atoms with Crippen LogP contribution in [0.1, 0.15) is 43.4 Å². The Kier molecular flexibility index (Phi) is 8.28. The number of rotatable bonds is 10. The molecule has 0 aromatic heterocycles. The first-order chi connectivity index (χ1) is 15.3. The van der Waals surface area contributed by atoms with Crippen LogP contribution >= 0.6 is 0 Å². The fourth-order valence-corrected chi connectivity index (χ4v) is 4.06. The van der Waals surface area contributed by atoms with Crippen LogP contribution in [0.5, 0.6) is 0 Å². The predicted molar refractivity (Wildman–Crippen MR) is 129 cm³/mol. The van der Waals surface area contributed by atoms with E-state index in [2.05, 4.69) is 36.3 Å². The number of carbonyl (C=O) groups excluding carboxylic acids is 2. The number of aryl methyl sites for hydroxylation is 1. The second-order valence-electron chi connectivity index (χ2n) is 9.04. The third-order valence-corrected chi connectivity index (χ3v) is 6.01. The van der Waals surface area contributed by atoms with E-state index in [0.717, 1.165) is 37.2 Å². The highest BCUT2D eigenvalue weighted by molar-refractivity contribution is 5.86. The second kappa shape index (κ2) is 11.1. The third-order valence-electron chi connectivity index (χ3n) is 6.01. The number of para-hydroxylation sites is 1. The molecular weight excluding hydrogens is 400 g/mol. The normalized spacial score (nSPS) is 13.2. The molecule has 0 fully saturated rings. The summed E-state index contributed by atoms with van der Waals surface area (Å²) in [4.78, 5) is 27.7. The molecule has 2 amide bonds. The highest BCUT2D eigenvalue weighted by Gasteiger charge is 2.26. The van der Waals surface area contributed by atoms with Gasteiger partial charge in [-0.3, -0.25) is 14.6 Å². The van der Waals surface area contributed by atoms with Gasteiger partial charge in [-0.2, -0.15) is 0 Å². The van der Waals surface area contributed by atoms with Crippen LogP contribution in [0.25, 0.3) is 0 Å². The number of likely N-dealkylation sites (N-methyl/N-ethyl adjacent to an activating group) is 1. The molecule has 0 saturated carbocycles. The predicted octanol–water partition coefficient (Wildman–Crippen LogP) is 3.74. The van der Waals surface area contributed by atoms with Gasteiger partial charge in [0.25, 0.3) is 5.91 Å². The number of benzene rings is 2. The van der Waals surface area contributed by atoms with Crippen molar-refractivity contribution in [2.75, 3.05) is 31.6 Å². The molecule has 3 rings (SSSR count). The Bertz CT molecular complexity index is 903. The summed E-state index contributed by atoms with van der Waals surface area (Å²) in [6.45, 7) is 8.79. The summed E-state index contributed by atoms with van der Waals surface area (Å²) in [5.74, 6) is 0.537. The standard InChI is InChI=1S/C26H36N4O2/c1-20(2)10-9-15-27-25(31)18-29(24-14-8-5-11-21(24)3)19-26(32)28(4)30-16-22-12-6-7-13-23(22)17-30/h5-8,11-14,20H,9-10,15-19H2,1-4H3,(H,27,31). The lowest BCUT2D eigenvalue weighted by molar-refractivity contribution is -0.145. The minimum Gasteiger partial charge on any atom is -0.355 e. The monoisotopic (exact) mass is 436 g/mol. The number of anilines is 1. The van der Waals surface area contributed by atoms with Crippen molar-refractivity contribution in [2.24, 2.45) is 5.92 Å². The number of nitrogens with zero attached hydrogens (tertiary/aromatic N) is 3. The molecule has 0 radical (unpaired) electrons. The first-order valence-electron chi connectivity index (χ1n) is 11.5. The zero-order valence-corrected chi connectivity index (χ0v) is 19.8. The van der Waals surface area contributed by atoms with Crippen LogP contribution in [-0.4, -0.2) is 48.5 Å². The van der Waals surface area contributed by atoms with Crippen LogP contribution in [0, 0.1) is 12.8 Å². The Morgan fingerprint density at radius 2 is 1.62 bits per heavy atom. The largest absolute Gasteiger partial charge is 0.355 e. The molecule has 0 saturated heterocycles. The van der Waals surface area contributed by atoms with Crippen LogP contribution in [0.2, 0.25) is 0 Å². The summed E-state index contributed by atoms with van der Waals surface area (Å²) >= 11 is 0. The van der Waals surface area contributed by atoms with Gasteiger partial charge < -0.3 is 10.2 Å². The molecule has 1 aliphatic heterocycles. The van der Waals surface area contributed by atoms with Crippen LogP contribution in [0.3, 0.4) is 0 Å². The lowest BCUT2D eigenvalue weighted by atomic mass is 10.1. The van der Waals surface area contributed by atoms with Crippen molar-refractivity contribution in [2.45, 2.75) is 46.7 Å². The molecule has 0 bridgehead atoms. The van der Waals surface area contributed by atoms with E-state index in [-0.39, 0.29) is 24.9 Å². The molecule has 0 atom stereocenters. The summed E-state index contributed by atoms with van der Waals surface area (Å²) in [5, 5.41) is 6.76. The first-order valence-corrected chi connectivity index (χ1v) is 11.5. The molecular formula is C26H36N4O2. The van der Waals surface area contributed by atoms with Gasteiger partial charge in [-0.15, -0.1) is 0 Å². The summed E-state index contributed by atoms with van der Waals surface area (Å²) in [7, 11) is 1.82. The number of hydrazine groups is 1. The van der Waals surface area contributed by atoms with E-state index < -0.39 is 0 Å². The smallest absolute Gasteiger partial charge is 0.256 e. The molecule has 172 valence electrons. The lowest BCUT2D eigenvalue weighted by Crippen LogP contribution is -2.48. The van der Waals surface area contributed by atoms with E-state index in [4.69, 9.17) is 0 Å². The number of carbonyl (C=O) groups is 2. The van der Waals surface area contributed by atoms with E-state index in [9.17, 15) is 9.59 Å². The Hall–Kier alpha value is -2.86. The van der Waals surface area contributed by atoms with Crippen LogP contribution in [0.4, 0.5) is 5.69 Å². The first kappa shape index (κ1) is 23.8. The molecule has 1 heterocycles. The molecule has 6 nitrogen and oxygen atoms in total. The van der Waals surface area contributed by atoms with Gasteiger partial charge in [0.15, 0.2) is 0 Å². The Morgan fingerprint density at radius 3 is 2.25 bits per heavy atom. The SMILES string of the molecule is Cc1ccccc1N(CC(=O)NCCCC(C)C)CC(=O)N(C)N1Cc2ccccc2C1. The Morgan fingerprint density at radius 1 is 1.00 bits per heavy atom. The fourth-order valence-electron chi connectivity index (χ4n) is 4.06. The van der Waals surface area contributed by atoms with E-state index >= 15 is 0 Å². The molecule has 2 aromatic rings. The summed E-state index contributed by atoms with van der Waals surface area (Å²) in [6, 6.07) is 16.2. The van der Waals surface area contributed by atoms with E-state index in [1.807, 2.05) is 55.3 Å². The molecule has 1 aliphatic rings. The van der Waals surface area contributed by atoms with Gasteiger partial charge in [0.05, 0.1) is 13.1 Å². The van der Waals surface area contributed by atoms with Gasteiger partial charge in [-0.05, 0) is 48.4 Å². The molecule has 1 N–H and O–H groups in total. The van der Waals surface area contributed by atoms with Crippen molar-refractivity contribution in [3.8, 4) is 0 Å². The topological polar surface area (TPSA) is 55.9 Å². The maximum Gasteiger partial charge on any atom is 0.256 e. The minimum absolute atomic E-state index is 0.0336. The van der Waals surface area contributed by atoms with Crippen LogP contribution in [0.15, 0.2) is 48.5 Å². The average molecular weight is 437 g/mol. The highest BCUT2D eigenvalue weighted by atomic mass is 16.2. The molecule has 0 aliphatic carbocycles. The number of hydrogen-bond donors (Lipinski definition) is 1. The number of amides is 2. The number of fused-ring (bicyclic) bond motifs is 1. The van der Waals surface area contributed by atoms with Crippen molar-refractivity contribution in [3.63, 3.8) is 0 Å². The quantitative estimate of drug-likeness (QED) is 0.577. The zero-order chi connectivity index (χ0) is 23.1. The molecule has 0 unspecified atom stereocenters. The van der Waals surface area contributed by atoms with Crippen molar-refractivity contribution in [1.29, 1.82) is 0 Å². The minimum atomic E-state index is -0.0546. The van der Waals surface area contributed by atoms with Crippen molar-refractivity contribution in [3.05, 3.63) is 65.2 Å². The Balaban J connectivity index is 1.64. The average Bonchev–Trinajstić information content (AvgIpc) is 3.20. The van der Waals surface area contributed by atoms with Gasteiger partial charge >= 0.3 is 0 Å². The maximum atomic E-state index is 13.2. The van der Waals surface area contributed by atoms with E-state index in [1.54, 1.807) is 5.01 Å². The van der Waals surface area contributed by atoms with Crippen molar-refractivity contribution >= 4 is 17.5 Å². The van der Waals surface area contributed by atoms with E-state index in [0.29, 0.717) is 12.5 Å². The summed E-state index contributed by atoms with van der Waals surface area (Å²) < 4.78 is 0. The molecule has 0 spiro atoms. The van der Waals surface area contributed by atoms with Crippen molar-refractivity contribution in [1.82, 2.24) is 15.3 Å². The van der Waals surface area contributed by atoms with Crippen LogP contribution in [-0.2, 0) is 22.7 Å². The molecule has 2 aromatic carbocycles. The van der Waals surface area contributed by atoms with Crippen LogP contribution < -0.4 is 10.2 Å². The number of hydrogen-bond acceptors (Lipinski definition) is 4. The maximum absolute atomic E-state index is 13.2. The van der Waals surface area contributed by atoms with Gasteiger partial charge in [0.2, 0.25) is 5.91 Å². The van der Waals surface area contributed by atoms with Gasteiger partial charge in [0.1, 0.15) is 0 Å². The lowest BCUT2D eigenvalue weighted by Gasteiger charge is -2.31. The molecule has 6 heteroatoms. The van der Waals surface area contributed by atoms with E-state index in [1.165, 1.54) is 11.1 Å². The molecule has 32 heavy (non-hydrogen) atoms. The summed E-state index contributed by atoms with van der Waals surface area (Å²) in [6.07, 6.45) is 2.05. The third kappa shape index (κ3) is 6.33. The fraction of sp³-hybridized carbons (Fsp3) is 0.462. The Labute approximate surface area is 192 Å². The van der Waals surface area contributed by atoms with Gasteiger partial charge in [0, 0.05) is 32.4 Å². The number of nitrogens with one attached hydrogen (secondary N) is 1.